The van der Waals surface area contributed by atoms with Gasteiger partial charge in [0.05, 0.1) is 0 Å². The number of nitrogens with one attached hydrogen (secondary N) is 1. The molecular weight excluding hydrogens is 228 g/mol. The predicted molar refractivity (Wildman–Crippen MR) is 72.3 cm³/mol. The summed E-state index contributed by atoms with van der Waals surface area (Å²) >= 11 is 0. The third kappa shape index (κ3) is 6.25. The van der Waals surface area contributed by atoms with Crippen LogP contribution in [0.3, 0.4) is 0 Å². The fraction of sp³-hybridized carbons (Fsp3) is 0.500. The fourth-order valence-electron chi connectivity index (χ4n) is 1.48. The maximum absolute atomic E-state index is 10.6. The van der Waals surface area contributed by atoms with Gasteiger partial charge in [0.15, 0.2) is 6.61 Å². The quantitative estimate of drug-likeness (QED) is 0.690. The second-order valence-corrected chi connectivity index (χ2v) is 4.76. The van der Waals surface area contributed by atoms with Gasteiger partial charge in [0.2, 0.25) is 0 Å². The lowest BCUT2D eigenvalue weighted by molar-refractivity contribution is -0.119. The summed E-state index contributed by atoms with van der Waals surface area (Å²) in [5.41, 5.74) is 6.20. The number of benzene rings is 1. The summed E-state index contributed by atoms with van der Waals surface area (Å²) in [6.07, 6.45) is 1.18. The van der Waals surface area contributed by atoms with Gasteiger partial charge < -0.3 is 15.8 Å². The van der Waals surface area contributed by atoms with Crippen molar-refractivity contribution in [2.24, 2.45) is 11.7 Å². The van der Waals surface area contributed by atoms with Gasteiger partial charge in [-0.05, 0) is 36.6 Å². The third-order valence-electron chi connectivity index (χ3n) is 2.53. The Morgan fingerprint density at radius 1 is 1.33 bits per heavy atom. The molecule has 4 nitrogen and oxygen atoms in total. The lowest BCUT2D eigenvalue weighted by Gasteiger charge is -2.08. The minimum absolute atomic E-state index is 0.0774. The molecule has 0 aliphatic rings. The number of primary amides is 1. The van der Waals surface area contributed by atoms with E-state index in [0.717, 1.165) is 19.0 Å². The Kier molecular flexibility index (Phi) is 6.22. The average molecular weight is 250 g/mol. The van der Waals surface area contributed by atoms with Crippen molar-refractivity contribution in [3.05, 3.63) is 29.8 Å². The minimum atomic E-state index is -0.463. The maximum Gasteiger partial charge on any atom is 0.255 e. The Balaban J connectivity index is 2.29. The topological polar surface area (TPSA) is 64.3 Å². The average Bonchev–Trinajstić information content (AvgIpc) is 2.33. The van der Waals surface area contributed by atoms with E-state index in [1.165, 1.54) is 12.0 Å². The molecule has 0 atom stereocenters. The van der Waals surface area contributed by atoms with E-state index in [2.05, 4.69) is 19.2 Å². The zero-order chi connectivity index (χ0) is 13.4. The molecule has 1 aromatic rings. The Morgan fingerprint density at radius 2 is 2.00 bits per heavy atom. The van der Waals surface area contributed by atoms with E-state index in [-0.39, 0.29) is 6.61 Å². The van der Waals surface area contributed by atoms with Crippen LogP contribution in [0.5, 0.6) is 5.75 Å². The molecule has 1 aromatic carbocycles. The lowest BCUT2D eigenvalue weighted by atomic mass is 10.1. The summed E-state index contributed by atoms with van der Waals surface area (Å²) in [6.45, 7) is 6.23. The number of hydrogen-bond donors (Lipinski definition) is 2. The van der Waals surface area contributed by atoms with Gasteiger partial charge in [-0.15, -0.1) is 0 Å². The molecule has 0 unspecified atom stereocenters. The van der Waals surface area contributed by atoms with Crippen LogP contribution in [-0.4, -0.2) is 19.1 Å². The number of amides is 1. The highest BCUT2D eigenvalue weighted by molar-refractivity contribution is 5.75. The van der Waals surface area contributed by atoms with Crippen LogP contribution < -0.4 is 15.8 Å². The molecule has 0 aromatic heterocycles. The third-order valence-corrected chi connectivity index (χ3v) is 2.53. The Labute approximate surface area is 109 Å². The molecular formula is C14H22N2O2. The number of carbonyl (C=O) groups is 1. The van der Waals surface area contributed by atoms with Crippen LogP contribution in [0.15, 0.2) is 24.3 Å². The first-order chi connectivity index (χ1) is 8.58. The lowest BCUT2D eigenvalue weighted by Crippen LogP contribution is -2.20. The smallest absolute Gasteiger partial charge is 0.255 e. The van der Waals surface area contributed by atoms with Crippen molar-refractivity contribution in [1.82, 2.24) is 5.32 Å². The summed E-state index contributed by atoms with van der Waals surface area (Å²) < 4.78 is 5.18. The predicted octanol–water partition coefficient (Wildman–Crippen LogP) is 1.69. The zero-order valence-electron chi connectivity index (χ0n) is 11.1. The summed E-state index contributed by atoms with van der Waals surface area (Å²) in [5.74, 6) is 0.927. The van der Waals surface area contributed by atoms with Crippen LogP contribution in [0.1, 0.15) is 25.8 Å². The van der Waals surface area contributed by atoms with E-state index >= 15 is 0 Å². The van der Waals surface area contributed by atoms with E-state index in [4.69, 9.17) is 10.5 Å². The highest BCUT2D eigenvalue weighted by Gasteiger charge is 1.98. The molecule has 0 saturated heterocycles. The second kappa shape index (κ2) is 7.71. The van der Waals surface area contributed by atoms with Gasteiger partial charge in [0, 0.05) is 6.54 Å². The summed E-state index contributed by atoms with van der Waals surface area (Å²) in [5, 5.41) is 3.39. The SMILES string of the molecule is CC(C)CCNCc1ccc(OCC(N)=O)cc1. The molecule has 0 saturated carbocycles. The van der Waals surface area contributed by atoms with E-state index in [1.54, 1.807) is 0 Å². The van der Waals surface area contributed by atoms with Gasteiger partial charge >= 0.3 is 0 Å². The molecule has 0 aliphatic heterocycles. The molecule has 100 valence electrons. The number of hydrogen-bond acceptors (Lipinski definition) is 3. The van der Waals surface area contributed by atoms with Gasteiger partial charge in [-0.1, -0.05) is 26.0 Å². The van der Waals surface area contributed by atoms with E-state index < -0.39 is 5.91 Å². The van der Waals surface area contributed by atoms with Crippen molar-refractivity contribution in [3.8, 4) is 5.75 Å². The van der Waals surface area contributed by atoms with Gasteiger partial charge in [0.25, 0.3) is 5.91 Å². The molecule has 3 N–H and O–H groups in total. The van der Waals surface area contributed by atoms with Crippen molar-refractivity contribution in [2.75, 3.05) is 13.2 Å². The molecule has 0 bridgehead atoms. The first-order valence-corrected chi connectivity index (χ1v) is 6.28. The largest absolute Gasteiger partial charge is 0.484 e. The monoisotopic (exact) mass is 250 g/mol. The van der Waals surface area contributed by atoms with Crippen LogP contribution in [0.4, 0.5) is 0 Å². The molecule has 0 fully saturated rings. The maximum atomic E-state index is 10.6. The number of rotatable bonds is 8. The van der Waals surface area contributed by atoms with Crippen LogP contribution in [0.25, 0.3) is 0 Å². The number of ether oxygens (including phenoxy) is 1. The highest BCUT2D eigenvalue weighted by Crippen LogP contribution is 2.11. The Hall–Kier alpha value is -1.55. The van der Waals surface area contributed by atoms with Gasteiger partial charge in [-0.2, -0.15) is 0 Å². The van der Waals surface area contributed by atoms with Gasteiger partial charge in [-0.3, -0.25) is 4.79 Å². The van der Waals surface area contributed by atoms with Gasteiger partial charge in [-0.25, -0.2) is 0 Å². The normalized spacial score (nSPS) is 10.6. The molecule has 0 radical (unpaired) electrons. The first-order valence-electron chi connectivity index (χ1n) is 6.28. The molecule has 1 rings (SSSR count). The first kappa shape index (κ1) is 14.5. The summed E-state index contributed by atoms with van der Waals surface area (Å²) in [7, 11) is 0. The second-order valence-electron chi connectivity index (χ2n) is 4.76. The molecule has 0 aliphatic carbocycles. The van der Waals surface area contributed by atoms with Crippen molar-refractivity contribution in [2.45, 2.75) is 26.8 Å². The van der Waals surface area contributed by atoms with Crippen molar-refractivity contribution >= 4 is 5.91 Å². The van der Waals surface area contributed by atoms with E-state index in [0.29, 0.717) is 5.75 Å². The number of nitrogens with two attached hydrogens (primary N) is 1. The summed E-state index contributed by atoms with van der Waals surface area (Å²) in [6, 6.07) is 7.67. The Bertz CT molecular complexity index is 361. The standard InChI is InChI=1S/C14H22N2O2/c1-11(2)7-8-16-9-12-3-5-13(6-4-12)18-10-14(15)17/h3-6,11,16H,7-10H2,1-2H3,(H2,15,17). The van der Waals surface area contributed by atoms with Crippen molar-refractivity contribution in [3.63, 3.8) is 0 Å². The van der Waals surface area contributed by atoms with Crippen LogP contribution in [0.2, 0.25) is 0 Å². The van der Waals surface area contributed by atoms with Crippen molar-refractivity contribution < 1.29 is 9.53 Å². The Morgan fingerprint density at radius 3 is 2.56 bits per heavy atom. The van der Waals surface area contributed by atoms with E-state index in [1.807, 2.05) is 24.3 Å². The van der Waals surface area contributed by atoms with Crippen LogP contribution in [-0.2, 0) is 11.3 Å². The highest BCUT2D eigenvalue weighted by atomic mass is 16.5. The molecule has 4 heteroatoms. The summed E-state index contributed by atoms with van der Waals surface area (Å²) in [4.78, 5) is 10.6. The van der Waals surface area contributed by atoms with E-state index in [9.17, 15) is 4.79 Å². The van der Waals surface area contributed by atoms with Crippen molar-refractivity contribution in [1.29, 1.82) is 0 Å². The van der Waals surface area contributed by atoms with Crippen LogP contribution >= 0.6 is 0 Å². The van der Waals surface area contributed by atoms with Gasteiger partial charge in [0.1, 0.15) is 5.75 Å². The number of carbonyl (C=O) groups excluding carboxylic acids is 1. The molecule has 18 heavy (non-hydrogen) atoms. The van der Waals surface area contributed by atoms with Crippen LogP contribution in [0, 0.1) is 5.92 Å². The fourth-order valence-corrected chi connectivity index (χ4v) is 1.48. The molecule has 1 amide bonds. The molecule has 0 spiro atoms. The molecule has 0 heterocycles. The minimum Gasteiger partial charge on any atom is -0.484 e. The zero-order valence-corrected chi connectivity index (χ0v) is 11.1.